The van der Waals surface area contributed by atoms with E-state index < -0.39 is 6.03 Å². The minimum atomic E-state index is -0.526. The Balaban J connectivity index is 1.47. The first-order valence-corrected chi connectivity index (χ1v) is 8.88. The van der Waals surface area contributed by atoms with E-state index in [1.807, 2.05) is 48.5 Å². The Labute approximate surface area is 166 Å². The van der Waals surface area contributed by atoms with Crippen molar-refractivity contribution in [1.82, 2.24) is 20.4 Å². The Morgan fingerprint density at radius 1 is 1.07 bits per heavy atom. The summed E-state index contributed by atoms with van der Waals surface area (Å²) in [5.74, 6) is 0.720. The van der Waals surface area contributed by atoms with Gasteiger partial charge in [0.05, 0.1) is 12.3 Å². The van der Waals surface area contributed by atoms with Crippen molar-refractivity contribution in [3.05, 3.63) is 78.8 Å². The van der Waals surface area contributed by atoms with E-state index >= 15 is 0 Å². The number of hydrogen-bond donors (Lipinski definition) is 3. The van der Waals surface area contributed by atoms with Crippen LogP contribution < -0.4 is 16.5 Å². The van der Waals surface area contributed by atoms with Crippen LogP contribution in [0.1, 0.15) is 5.56 Å². The summed E-state index contributed by atoms with van der Waals surface area (Å²) in [5, 5.41) is 4.14. The minimum absolute atomic E-state index is 0.260. The van der Waals surface area contributed by atoms with E-state index in [2.05, 4.69) is 25.7 Å². The van der Waals surface area contributed by atoms with Crippen molar-refractivity contribution < 1.29 is 9.63 Å². The van der Waals surface area contributed by atoms with Gasteiger partial charge in [-0.3, -0.25) is 15.1 Å². The highest BCUT2D eigenvalue weighted by Crippen LogP contribution is 2.26. The van der Waals surface area contributed by atoms with Gasteiger partial charge in [0.25, 0.3) is 0 Å². The summed E-state index contributed by atoms with van der Waals surface area (Å²) < 4.78 is 0. The predicted octanol–water partition coefficient (Wildman–Crippen LogP) is 3.53. The van der Waals surface area contributed by atoms with E-state index in [1.165, 1.54) is 0 Å². The number of fused-ring (bicyclic) bond motifs is 1. The van der Waals surface area contributed by atoms with Gasteiger partial charge in [-0.1, -0.05) is 30.3 Å². The van der Waals surface area contributed by atoms with Gasteiger partial charge in [-0.2, -0.15) is 0 Å². The molecule has 0 fully saturated rings. The van der Waals surface area contributed by atoms with Crippen LogP contribution in [0.5, 0.6) is 0 Å². The van der Waals surface area contributed by atoms with Crippen LogP contribution in [0.3, 0.4) is 0 Å². The van der Waals surface area contributed by atoms with Gasteiger partial charge in [-0.05, 0) is 35.2 Å². The van der Waals surface area contributed by atoms with Crippen molar-refractivity contribution in [3.63, 3.8) is 0 Å². The van der Waals surface area contributed by atoms with E-state index in [4.69, 9.17) is 10.6 Å². The van der Waals surface area contributed by atoms with Crippen molar-refractivity contribution in [3.8, 4) is 11.3 Å². The number of pyridine rings is 3. The molecule has 0 saturated heterocycles. The van der Waals surface area contributed by atoms with Crippen molar-refractivity contribution in [2.75, 3.05) is 11.1 Å². The van der Waals surface area contributed by atoms with Crippen LogP contribution in [0.25, 0.3) is 22.0 Å². The number of nitrogens with two attached hydrogens (primary N) is 1. The van der Waals surface area contributed by atoms with Crippen molar-refractivity contribution in [2.24, 2.45) is 0 Å². The molecule has 0 radical (unpaired) electrons. The number of anilines is 2. The lowest BCUT2D eigenvalue weighted by Crippen LogP contribution is -2.29. The molecule has 2 amide bonds. The highest BCUT2D eigenvalue weighted by Gasteiger charge is 2.09. The lowest BCUT2D eigenvalue weighted by atomic mass is 10.1. The smallest absolute Gasteiger partial charge is 0.344 e. The number of nitrogen functional groups attached to an aromatic ring is 1. The summed E-state index contributed by atoms with van der Waals surface area (Å²) in [5.41, 5.74) is 10.9. The minimum Gasteiger partial charge on any atom is -0.383 e. The lowest BCUT2D eigenvalue weighted by molar-refractivity contribution is 0.0535. The molecule has 0 bridgehead atoms. The summed E-state index contributed by atoms with van der Waals surface area (Å²) in [6.45, 7) is 0.260. The largest absolute Gasteiger partial charge is 0.383 e. The SMILES string of the molecule is Nc1nc(-c2cccnc2)cc2cc(NC(=O)NOCc3ccccc3)ncc12. The second-order valence-corrected chi connectivity index (χ2v) is 6.26. The Hall–Kier alpha value is -4.04. The molecule has 144 valence electrons. The average Bonchev–Trinajstić information content (AvgIpc) is 2.75. The van der Waals surface area contributed by atoms with Crippen LogP contribution in [-0.2, 0) is 11.4 Å². The molecule has 0 saturated carbocycles. The summed E-state index contributed by atoms with van der Waals surface area (Å²) in [6.07, 6.45) is 4.98. The fourth-order valence-electron chi connectivity index (χ4n) is 2.81. The molecule has 29 heavy (non-hydrogen) atoms. The second-order valence-electron chi connectivity index (χ2n) is 6.26. The zero-order chi connectivity index (χ0) is 20.1. The third kappa shape index (κ3) is 4.45. The maximum Gasteiger partial charge on any atom is 0.344 e. The van der Waals surface area contributed by atoms with Crippen LogP contribution >= 0.6 is 0 Å². The normalized spacial score (nSPS) is 10.6. The maximum absolute atomic E-state index is 12.1. The predicted molar refractivity (Wildman–Crippen MR) is 111 cm³/mol. The molecule has 0 aliphatic carbocycles. The third-order valence-corrected chi connectivity index (χ3v) is 4.19. The van der Waals surface area contributed by atoms with Crippen molar-refractivity contribution >= 4 is 28.4 Å². The van der Waals surface area contributed by atoms with E-state index in [9.17, 15) is 4.79 Å². The highest BCUT2D eigenvalue weighted by molar-refractivity contribution is 5.96. The number of amides is 2. The first-order chi connectivity index (χ1) is 14.2. The molecule has 0 aliphatic heterocycles. The molecule has 0 spiro atoms. The molecule has 1 aromatic carbocycles. The molecule has 4 rings (SSSR count). The first-order valence-electron chi connectivity index (χ1n) is 8.88. The van der Waals surface area contributed by atoms with Gasteiger partial charge in [0, 0.05) is 29.5 Å². The number of nitrogens with zero attached hydrogens (tertiary/aromatic N) is 3. The maximum atomic E-state index is 12.1. The molecule has 4 aromatic rings. The Morgan fingerprint density at radius 2 is 1.93 bits per heavy atom. The van der Waals surface area contributed by atoms with E-state index in [-0.39, 0.29) is 6.61 Å². The number of urea groups is 1. The van der Waals surface area contributed by atoms with Gasteiger partial charge in [-0.25, -0.2) is 20.2 Å². The topological polar surface area (TPSA) is 115 Å². The number of hydrogen-bond acceptors (Lipinski definition) is 6. The summed E-state index contributed by atoms with van der Waals surface area (Å²) in [4.78, 5) is 30.0. The standard InChI is InChI=1S/C21H18N6O2/c22-20-17-12-24-19(26-21(28)27-29-13-14-5-2-1-3-6-14)10-16(17)9-18(25-20)15-7-4-8-23-11-15/h1-12H,13H2,(H2,22,25)(H2,24,26,27,28). The van der Waals surface area contributed by atoms with Gasteiger partial charge in [0.15, 0.2) is 0 Å². The molecule has 3 aromatic heterocycles. The Kier molecular flexibility index (Phi) is 5.26. The van der Waals surface area contributed by atoms with E-state index in [1.54, 1.807) is 24.7 Å². The molecular weight excluding hydrogens is 368 g/mol. The van der Waals surface area contributed by atoms with Gasteiger partial charge in [0.2, 0.25) is 0 Å². The summed E-state index contributed by atoms with van der Waals surface area (Å²) in [6, 6.07) is 16.3. The molecule has 0 aliphatic rings. The third-order valence-electron chi connectivity index (χ3n) is 4.19. The highest BCUT2D eigenvalue weighted by atomic mass is 16.7. The Bertz CT molecular complexity index is 1140. The van der Waals surface area contributed by atoms with Crippen LogP contribution in [0.15, 0.2) is 73.2 Å². The monoisotopic (exact) mass is 386 g/mol. The molecule has 0 unspecified atom stereocenters. The average molecular weight is 386 g/mol. The fraction of sp³-hybridized carbons (Fsp3) is 0.0476. The van der Waals surface area contributed by atoms with Crippen LogP contribution in [0.2, 0.25) is 0 Å². The number of nitrogens with one attached hydrogen (secondary N) is 2. The number of benzene rings is 1. The lowest BCUT2D eigenvalue weighted by Gasteiger charge is -2.10. The molecule has 0 atom stereocenters. The number of aromatic nitrogens is 3. The number of hydroxylamine groups is 1. The summed E-state index contributed by atoms with van der Waals surface area (Å²) >= 11 is 0. The van der Waals surface area contributed by atoms with Crippen molar-refractivity contribution in [2.45, 2.75) is 6.61 Å². The van der Waals surface area contributed by atoms with E-state index in [0.717, 1.165) is 16.5 Å². The zero-order valence-electron chi connectivity index (χ0n) is 15.4. The summed E-state index contributed by atoms with van der Waals surface area (Å²) in [7, 11) is 0. The molecule has 8 nitrogen and oxygen atoms in total. The molecule has 3 heterocycles. The van der Waals surface area contributed by atoms with Gasteiger partial charge >= 0.3 is 6.03 Å². The number of carbonyl (C=O) groups excluding carboxylic acids is 1. The van der Waals surface area contributed by atoms with Crippen LogP contribution in [0.4, 0.5) is 16.4 Å². The van der Waals surface area contributed by atoms with Crippen molar-refractivity contribution in [1.29, 1.82) is 0 Å². The second kappa shape index (κ2) is 8.32. The first kappa shape index (κ1) is 18.3. The van der Waals surface area contributed by atoms with Crippen LogP contribution in [0, 0.1) is 0 Å². The number of carbonyl (C=O) groups is 1. The molecular formula is C21H18N6O2. The van der Waals surface area contributed by atoms with Gasteiger partial charge in [0.1, 0.15) is 11.6 Å². The van der Waals surface area contributed by atoms with E-state index in [0.29, 0.717) is 22.7 Å². The van der Waals surface area contributed by atoms with Crippen LogP contribution in [-0.4, -0.2) is 21.0 Å². The number of rotatable bonds is 5. The fourth-order valence-corrected chi connectivity index (χ4v) is 2.81. The Morgan fingerprint density at radius 3 is 2.72 bits per heavy atom. The molecule has 4 N–H and O–H groups in total. The van der Waals surface area contributed by atoms with Gasteiger partial charge < -0.3 is 5.73 Å². The quantitative estimate of drug-likeness (QED) is 0.452. The molecule has 8 heteroatoms. The van der Waals surface area contributed by atoms with Gasteiger partial charge in [-0.15, -0.1) is 0 Å². The zero-order valence-corrected chi connectivity index (χ0v) is 15.4.